The monoisotopic (exact) mass is 355 g/mol. The van der Waals surface area contributed by atoms with Crippen LogP contribution < -0.4 is 5.32 Å². The number of anilines is 2. The molecule has 0 aliphatic carbocycles. The van der Waals surface area contributed by atoms with Crippen molar-refractivity contribution < 1.29 is 13.5 Å². The van der Waals surface area contributed by atoms with Crippen molar-refractivity contribution in [3.05, 3.63) is 53.9 Å². The number of nitrogens with zero attached hydrogens (tertiary/aromatic N) is 2. The van der Waals surface area contributed by atoms with Crippen LogP contribution in [0.3, 0.4) is 0 Å². The van der Waals surface area contributed by atoms with E-state index in [-0.39, 0.29) is 5.75 Å². The molecule has 1 unspecified atom stereocenters. The highest BCUT2D eigenvalue weighted by Gasteiger charge is 2.29. The van der Waals surface area contributed by atoms with Crippen molar-refractivity contribution in [3.8, 4) is 0 Å². The van der Waals surface area contributed by atoms with Gasteiger partial charge in [0.1, 0.15) is 12.1 Å². The molecule has 25 heavy (non-hydrogen) atoms. The number of benzene rings is 2. The molecule has 3 aromatic rings. The summed E-state index contributed by atoms with van der Waals surface area (Å²) in [6, 6.07) is 10.8. The van der Waals surface area contributed by atoms with Crippen LogP contribution in [0.5, 0.6) is 0 Å². The Morgan fingerprint density at radius 3 is 2.84 bits per heavy atom. The summed E-state index contributed by atoms with van der Waals surface area (Å²) in [5, 5.41) is 13.7. The third-order valence-corrected chi connectivity index (χ3v) is 6.25. The largest absolute Gasteiger partial charge is 0.389 e. The number of rotatable bonds is 3. The van der Waals surface area contributed by atoms with Crippen molar-refractivity contribution in [2.45, 2.75) is 24.3 Å². The molecule has 1 aromatic heterocycles. The number of sulfone groups is 1. The summed E-state index contributed by atoms with van der Waals surface area (Å²) < 4.78 is 24.4. The van der Waals surface area contributed by atoms with E-state index in [0.717, 1.165) is 22.2 Å². The molecule has 0 saturated carbocycles. The first-order valence-electron chi connectivity index (χ1n) is 8.00. The lowest BCUT2D eigenvalue weighted by Crippen LogP contribution is -2.00. The molecular weight excluding hydrogens is 338 g/mol. The van der Waals surface area contributed by atoms with E-state index < -0.39 is 15.9 Å². The topological polar surface area (TPSA) is 92.2 Å². The molecule has 1 aliphatic rings. The molecule has 0 fully saturated rings. The highest BCUT2D eigenvalue weighted by molar-refractivity contribution is 7.91. The third-order valence-electron chi connectivity index (χ3n) is 4.46. The van der Waals surface area contributed by atoms with Gasteiger partial charge >= 0.3 is 0 Å². The van der Waals surface area contributed by atoms with Crippen LogP contribution in [0.1, 0.15) is 24.2 Å². The molecule has 0 radical (unpaired) electrons. The number of fused-ring (bicyclic) bond motifs is 3. The Morgan fingerprint density at radius 2 is 2.04 bits per heavy atom. The summed E-state index contributed by atoms with van der Waals surface area (Å²) in [4.78, 5) is 8.96. The number of aliphatic hydroxyl groups is 1. The van der Waals surface area contributed by atoms with E-state index in [1.807, 2.05) is 24.3 Å². The number of aryl methyl sites for hydroxylation is 1. The lowest BCUT2D eigenvalue weighted by molar-refractivity contribution is 0.199. The second kappa shape index (κ2) is 5.79. The van der Waals surface area contributed by atoms with Crippen molar-refractivity contribution in [1.29, 1.82) is 0 Å². The number of nitrogens with one attached hydrogen (secondary N) is 1. The number of aromatic nitrogens is 2. The Hall–Kier alpha value is -2.51. The van der Waals surface area contributed by atoms with E-state index in [1.165, 1.54) is 6.33 Å². The zero-order valence-corrected chi connectivity index (χ0v) is 14.4. The van der Waals surface area contributed by atoms with Crippen molar-refractivity contribution in [3.63, 3.8) is 0 Å². The summed E-state index contributed by atoms with van der Waals surface area (Å²) in [6.45, 7) is 1.71. The zero-order chi connectivity index (χ0) is 17.6. The molecule has 0 saturated heterocycles. The normalized spacial score (nSPS) is 16.6. The van der Waals surface area contributed by atoms with Crippen LogP contribution in [-0.4, -0.2) is 29.2 Å². The van der Waals surface area contributed by atoms with Crippen molar-refractivity contribution in [1.82, 2.24) is 9.97 Å². The van der Waals surface area contributed by atoms with E-state index in [1.54, 1.807) is 19.1 Å². The van der Waals surface area contributed by atoms with E-state index in [2.05, 4.69) is 15.3 Å². The maximum Gasteiger partial charge on any atom is 0.179 e. The molecule has 2 aromatic carbocycles. The summed E-state index contributed by atoms with van der Waals surface area (Å²) in [5.74, 6) is 0.689. The molecule has 0 spiro atoms. The predicted octanol–water partition coefficient (Wildman–Crippen LogP) is 2.76. The standard InChI is InChI=1S/C18H17N3O3S/c1-11(22)12-3-2-4-13(9-12)21-18-17-14-7-8-25(23,24)16(14)6-5-15(17)19-10-20-18/h2-6,9-11,22H,7-8H2,1H3,(H,19,20,21). The minimum absolute atomic E-state index is 0.118. The fraction of sp³-hybridized carbons (Fsp3) is 0.222. The molecule has 2 N–H and O–H groups in total. The molecule has 128 valence electrons. The molecule has 0 amide bonds. The van der Waals surface area contributed by atoms with Gasteiger partial charge in [-0.05, 0) is 48.7 Å². The highest BCUT2D eigenvalue weighted by atomic mass is 32.2. The molecule has 1 aliphatic heterocycles. The minimum Gasteiger partial charge on any atom is -0.389 e. The number of hydrogen-bond donors (Lipinski definition) is 2. The Bertz CT molecular complexity index is 1080. The Kier molecular flexibility index (Phi) is 3.70. The van der Waals surface area contributed by atoms with Gasteiger partial charge in [0.15, 0.2) is 9.84 Å². The van der Waals surface area contributed by atoms with Crippen molar-refractivity contribution >= 4 is 32.2 Å². The molecule has 0 bridgehead atoms. The van der Waals surface area contributed by atoms with Gasteiger partial charge in [-0.1, -0.05) is 12.1 Å². The first-order valence-corrected chi connectivity index (χ1v) is 9.65. The van der Waals surface area contributed by atoms with Gasteiger partial charge in [0, 0.05) is 11.1 Å². The lowest BCUT2D eigenvalue weighted by atomic mass is 10.1. The SMILES string of the molecule is CC(O)c1cccc(Nc2ncnc3ccc4c(c23)CCS4(=O)=O)c1. The van der Waals surface area contributed by atoms with Crippen molar-refractivity contribution in [2.24, 2.45) is 0 Å². The highest BCUT2D eigenvalue weighted by Crippen LogP contribution is 2.35. The van der Waals surface area contributed by atoms with Crippen LogP contribution in [0.15, 0.2) is 47.6 Å². The fourth-order valence-electron chi connectivity index (χ4n) is 3.20. The Labute approximate surface area is 145 Å². The maximum atomic E-state index is 12.2. The third kappa shape index (κ3) is 2.75. The van der Waals surface area contributed by atoms with Gasteiger partial charge in [0.25, 0.3) is 0 Å². The lowest BCUT2D eigenvalue weighted by Gasteiger charge is -2.12. The van der Waals surface area contributed by atoms with E-state index >= 15 is 0 Å². The van der Waals surface area contributed by atoms with Crippen LogP contribution in [0.2, 0.25) is 0 Å². The second-order valence-corrected chi connectivity index (χ2v) is 8.23. The van der Waals surface area contributed by atoms with Crippen LogP contribution >= 0.6 is 0 Å². The molecular formula is C18H17N3O3S. The number of hydrogen-bond acceptors (Lipinski definition) is 6. The Balaban J connectivity index is 1.86. The summed E-state index contributed by atoms with van der Waals surface area (Å²) >= 11 is 0. The van der Waals surface area contributed by atoms with Gasteiger partial charge < -0.3 is 10.4 Å². The minimum atomic E-state index is -3.22. The fourth-order valence-corrected chi connectivity index (χ4v) is 4.74. The summed E-state index contributed by atoms with van der Waals surface area (Å²) in [7, 11) is -3.22. The smallest absolute Gasteiger partial charge is 0.179 e. The van der Waals surface area contributed by atoms with E-state index in [9.17, 15) is 13.5 Å². The predicted molar refractivity (Wildman–Crippen MR) is 95.7 cm³/mol. The first kappa shape index (κ1) is 16.0. The first-order chi connectivity index (χ1) is 12.0. The zero-order valence-electron chi connectivity index (χ0n) is 13.6. The van der Waals surface area contributed by atoms with E-state index in [4.69, 9.17) is 0 Å². The molecule has 7 heteroatoms. The average Bonchev–Trinajstić information content (AvgIpc) is 2.90. The average molecular weight is 355 g/mol. The molecule has 6 nitrogen and oxygen atoms in total. The van der Waals surface area contributed by atoms with Crippen molar-refractivity contribution in [2.75, 3.05) is 11.1 Å². The van der Waals surface area contributed by atoms with Gasteiger partial charge in [0.2, 0.25) is 0 Å². The quantitative estimate of drug-likeness (QED) is 0.750. The van der Waals surface area contributed by atoms with Gasteiger partial charge in [-0.25, -0.2) is 18.4 Å². The van der Waals surface area contributed by atoms with Crippen LogP contribution in [0, 0.1) is 0 Å². The summed E-state index contributed by atoms with van der Waals surface area (Å²) in [5.41, 5.74) is 3.04. The van der Waals surface area contributed by atoms with Crippen LogP contribution in [0.25, 0.3) is 10.9 Å². The van der Waals surface area contributed by atoms with E-state index in [0.29, 0.717) is 22.7 Å². The van der Waals surface area contributed by atoms with Gasteiger partial charge in [-0.3, -0.25) is 0 Å². The molecule has 4 rings (SSSR count). The Morgan fingerprint density at radius 1 is 1.20 bits per heavy atom. The van der Waals surface area contributed by atoms with Gasteiger partial charge in [-0.15, -0.1) is 0 Å². The van der Waals surface area contributed by atoms with Crippen LogP contribution in [-0.2, 0) is 16.3 Å². The second-order valence-electron chi connectivity index (χ2n) is 6.15. The summed E-state index contributed by atoms with van der Waals surface area (Å²) in [6.07, 6.45) is 1.35. The van der Waals surface area contributed by atoms with Gasteiger partial charge in [0.05, 0.1) is 22.3 Å². The maximum absolute atomic E-state index is 12.2. The molecule has 1 atom stereocenters. The van der Waals surface area contributed by atoms with Gasteiger partial charge in [-0.2, -0.15) is 0 Å². The van der Waals surface area contributed by atoms with Crippen LogP contribution in [0.4, 0.5) is 11.5 Å². The number of aliphatic hydroxyl groups excluding tert-OH is 1. The molecule has 2 heterocycles.